The molecule has 1 aromatic heterocycles. The molecule has 0 aliphatic carbocycles. The first kappa shape index (κ1) is 17.4. The molecule has 0 N–H and O–H groups in total. The van der Waals surface area contributed by atoms with Crippen molar-refractivity contribution in [3.63, 3.8) is 0 Å². The van der Waals surface area contributed by atoms with Crippen LogP contribution in [0.2, 0.25) is 0 Å². The van der Waals surface area contributed by atoms with Gasteiger partial charge in [0.2, 0.25) is 0 Å². The Hall–Kier alpha value is -2.99. The molecule has 0 saturated carbocycles. The van der Waals surface area contributed by atoms with Crippen LogP contribution < -0.4 is 0 Å². The summed E-state index contributed by atoms with van der Waals surface area (Å²) in [6, 6.07) is 23.3. The zero-order valence-corrected chi connectivity index (χ0v) is 14.6. The first-order valence-electron chi connectivity index (χ1n) is 8.71. The van der Waals surface area contributed by atoms with E-state index in [-0.39, 0.29) is 13.1 Å². The van der Waals surface area contributed by atoms with Crippen LogP contribution in [0.25, 0.3) is 0 Å². The van der Waals surface area contributed by atoms with Crippen molar-refractivity contribution in [1.29, 1.82) is 0 Å². The fourth-order valence-electron chi connectivity index (χ4n) is 3.05. The van der Waals surface area contributed by atoms with E-state index in [2.05, 4.69) is 15.2 Å². The number of aliphatic imine (C=N–C) groups is 1. The molecule has 2 heterocycles. The lowest BCUT2D eigenvalue weighted by molar-refractivity contribution is -0.134. The maximum absolute atomic E-state index is 12.9. The second-order valence-corrected chi connectivity index (χ2v) is 6.58. The van der Waals surface area contributed by atoms with Crippen LogP contribution in [-0.4, -0.2) is 39.8 Å². The van der Waals surface area contributed by atoms with Crippen molar-refractivity contribution in [2.24, 2.45) is 4.99 Å². The number of hydrogen-bond donors (Lipinski definition) is 0. The molecule has 0 radical (unpaired) electrons. The summed E-state index contributed by atoms with van der Waals surface area (Å²) in [5.74, 6) is -2.09. The molecule has 3 aromatic rings. The van der Waals surface area contributed by atoms with Crippen LogP contribution in [0, 0.1) is 0 Å². The molecule has 0 atom stereocenters. The fraction of sp³-hybridized carbons (Fsp3) is 0.190. The summed E-state index contributed by atoms with van der Waals surface area (Å²) in [5.41, 5.74) is 3.43. The summed E-state index contributed by atoms with van der Waals surface area (Å²) in [6.45, 7) is -0.0711. The summed E-state index contributed by atoms with van der Waals surface area (Å²) >= 11 is 0. The summed E-state index contributed by atoms with van der Waals surface area (Å²) in [4.78, 5) is 6.33. The van der Waals surface area contributed by atoms with Crippen LogP contribution in [0.3, 0.4) is 0 Å². The summed E-state index contributed by atoms with van der Waals surface area (Å²) < 4.78 is 25.9. The summed E-state index contributed by atoms with van der Waals surface area (Å²) in [5, 5.41) is 8.31. The molecule has 1 aliphatic rings. The van der Waals surface area contributed by atoms with Gasteiger partial charge in [-0.3, -0.25) is 4.90 Å². The highest BCUT2D eigenvalue weighted by Gasteiger charge is 2.43. The van der Waals surface area contributed by atoms with Crippen molar-refractivity contribution >= 4 is 11.5 Å². The van der Waals surface area contributed by atoms with Crippen molar-refractivity contribution in [3.05, 3.63) is 89.6 Å². The van der Waals surface area contributed by atoms with Crippen LogP contribution in [0.4, 0.5) is 14.6 Å². The molecule has 2 aromatic carbocycles. The van der Waals surface area contributed by atoms with Gasteiger partial charge in [0.25, 0.3) is 5.92 Å². The van der Waals surface area contributed by atoms with Gasteiger partial charge in [0.15, 0.2) is 5.82 Å². The van der Waals surface area contributed by atoms with Crippen molar-refractivity contribution in [2.75, 3.05) is 13.1 Å². The van der Waals surface area contributed by atoms with Crippen LogP contribution in [-0.2, 0) is 6.54 Å². The summed E-state index contributed by atoms with van der Waals surface area (Å²) in [6.07, 6.45) is 0. The monoisotopic (exact) mass is 364 g/mol. The number of alkyl halides is 2. The second kappa shape index (κ2) is 7.32. The predicted molar refractivity (Wildman–Crippen MR) is 100 cm³/mol. The van der Waals surface area contributed by atoms with E-state index in [0.717, 1.165) is 16.8 Å². The Balaban J connectivity index is 1.57. The molecule has 1 fully saturated rings. The number of halogens is 2. The Morgan fingerprint density at radius 3 is 1.93 bits per heavy atom. The van der Waals surface area contributed by atoms with E-state index in [1.165, 1.54) is 0 Å². The minimum Gasteiger partial charge on any atom is -0.285 e. The number of rotatable bonds is 5. The van der Waals surface area contributed by atoms with Gasteiger partial charge >= 0.3 is 0 Å². The van der Waals surface area contributed by atoms with E-state index >= 15 is 0 Å². The lowest BCUT2D eigenvalue weighted by Crippen LogP contribution is -2.55. The number of hydrogen-bond acceptors (Lipinski definition) is 4. The van der Waals surface area contributed by atoms with Crippen molar-refractivity contribution in [2.45, 2.75) is 12.5 Å². The van der Waals surface area contributed by atoms with Crippen LogP contribution in [0.1, 0.15) is 16.8 Å². The lowest BCUT2D eigenvalue weighted by atomic mass is 10.0. The minimum atomic E-state index is -2.57. The molecule has 1 aliphatic heterocycles. The van der Waals surface area contributed by atoms with Gasteiger partial charge in [-0.25, -0.2) is 13.8 Å². The highest BCUT2D eigenvalue weighted by molar-refractivity contribution is 6.13. The van der Waals surface area contributed by atoms with Gasteiger partial charge in [-0.2, -0.15) is 5.10 Å². The van der Waals surface area contributed by atoms with E-state index in [0.29, 0.717) is 18.1 Å². The van der Waals surface area contributed by atoms with Gasteiger partial charge in [0, 0.05) is 17.7 Å². The maximum Gasteiger partial charge on any atom is 0.272 e. The van der Waals surface area contributed by atoms with Gasteiger partial charge in [0.1, 0.15) is 0 Å². The number of likely N-dealkylation sites (tertiary alicyclic amines) is 1. The molecule has 136 valence electrons. The topological polar surface area (TPSA) is 41.4 Å². The Kier molecular flexibility index (Phi) is 4.73. The third-order valence-corrected chi connectivity index (χ3v) is 4.32. The average molecular weight is 364 g/mol. The SMILES string of the molecule is FC1(F)CN(Cc2ccc(N=C(c3ccccc3)c3ccccc3)nn2)C1. The quantitative estimate of drug-likeness (QED) is 0.640. The smallest absolute Gasteiger partial charge is 0.272 e. The number of nitrogens with zero attached hydrogens (tertiary/aromatic N) is 4. The van der Waals surface area contributed by atoms with Gasteiger partial charge in [-0.1, -0.05) is 60.7 Å². The molecular weight excluding hydrogens is 346 g/mol. The van der Waals surface area contributed by atoms with E-state index in [1.807, 2.05) is 60.7 Å². The Morgan fingerprint density at radius 1 is 0.852 bits per heavy atom. The van der Waals surface area contributed by atoms with E-state index in [4.69, 9.17) is 0 Å². The van der Waals surface area contributed by atoms with Crippen molar-refractivity contribution in [1.82, 2.24) is 15.1 Å². The van der Waals surface area contributed by atoms with E-state index < -0.39 is 5.92 Å². The van der Waals surface area contributed by atoms with Crippen molar-refractivity contribution in [3.8, 4) is 0 Å². The van der Waals surface area contributed by atoms with Crippen LogP contribution in [0.5, 0.6) is 0 Å². The molecular formula is C21H18F2N4. The predicted octanol–water partition coefficient (Wildman–Crippen LogP) is 4.10. The molecule has 0 spiro atoms. The zero-order chi connectivity index (χ0) is 18.7. The molecule has 4 rings (SSSR count). The third-order valence-electron chi connectivity index (χ3n) is 4.32. The van der Waals surface area contributed by atoms with E-state index in [1.54, 1.807) is 17.0 Å². The molecule has 0 bridgehead atoms. The zero-order valence-electron chi connectivity index (χ0n) is 14.6. The van der Waals surface area contributed by atoms with Gasteiger partial charge in [0.05, 0.1) is 24.5 Å². The highest BCUT2D eigenvalue weighted by atomic mass is 19.3. The number of benzene rings is 2. The van der Waals surface area contributed by atoms with E-state index in [9.17, 15) is 8.78 Å². The summed E-state index contributed by atoms with van der Waals surface area (Å²) in [7, 11) is 0. The molecule has 0 amide bonds. The number of aromatic nitrogens is 2. The molecule has 4 nitrogen and oxygen atoms in total. The molecule has 1 saturated heterocycles. The van der Waals surface area contributed by atoms with Gasteiger partial charge in [-0.15, -0.1) is 5.10 Å². The lowest BCUT2D eigenvalue weighted by Gasteiger charge is -2.38. The van der Waals surface area contributed by atoms with Crippen molar-refractivity contribution < 1.29 is 8.78 Å². The normalized spacial score (nSPS) is 15.8. The first-order valence-corrected chi connectivity index (χ1v) is 8.71. The maximum atomic E-state index is 12.9. The standard InChI is InChI=1S/C21H18F2N4/c22-21(23)14-27(15-21)13-18-11-12-19(26-25-18)24-20(16-7-3-1-4-8-16)17-9-5-2-6-10-17/h1-12H,13-15H2. The Morgan fingerprint density at radius 2 is 1.44 bits per heavy atom. The minimum absolute atomic E-state index is 0.221. The van der Waals surface area contributed by atoms with Crippen LogP contribution >= 0.6 is 0 Å². The molecule has 6 heteroatoms. The first-order chi connectivity index (χ1) is 13.1. The van der Waals surface area contributed by atoms with Crippen LogP contribution in [0.15, 0.2) is 77.8 Å². The second-order valence-electron chi connectivity index (χ2n) is 6.58. The fourth-order valence-corrected chi connectivity index (χ4v) is 3.05. The average Bonchev–Trinajstić information content (AvgIpc) is 2.67. The largest absolute Gasteiger partial charge is 0.285 e. The third kappa shape index (κ3) is 4.23. The molecule has 27 heavy (non-hydrogen) atoms. The molecule has 0 unspecified atom stereocenters. The Bertz CT molecular complexity index is 876. The Labute approximate surface area is 156 Å². The highest BCUT2D eigenvalue weighted by Crippen LogP contribution is 2.27. The van der Waals surface area contributed by atoms with Gasteiger partial charge < -0.3 is 0 Å². The van der Waals surface area contributed by atoms with Gasteiger partial charge in [-0.05, 0) is 12.1 Å².